The molecule has 0 fully saturated rings. The van der Waals surface area contributed by atoms with Gasteiger partial charge in [-0.05, 0) is 41.5 Å². The Morgan fingerprint density at radius 3 is 2.28 bits per heavy atom. The number of hydrogen-bond donors (Lipinski definition) is 1. The van der Waals surface area contributed by atoms with Gasteiger partial charge in [-0.3, -0.25) is 4.57 Å². The van der Waals surface area contributed by atoms with E-state index in [4.69, 9.17) is 4.42 Å². The minimum Gasteiger partial charge on any atom is -0.408 e. The third kappa shape index (κ3) is 4.62. The first-order valence-corrected chi connectivity index (χ1v) is 11.3. The molecule has 0 aliphatic rings. The van der Waals surface area contributed by atoms with Gasteiger partial charge in [-0.15, -0.1) is 0 Å². The normalized spacial score (nSPS) is 13.5. The van der Waals surface area contributed by atoms with Crippen molar-refractivity contribution in [2.45, 2.75) is 45.1 Å². The Balaban J connectivity index is 1.90. The van der Waals surface area contributed by atoms with Gasteiger partial charge >= 0.3 is 5.76 Å². The van der Waals surface area contributed by atoms with Gasteiger partial charge in [0.15, 0.2) is 5.58 Å². The Bertz CT molecular complexity index is 1160. The Labute approximate surface area is 171 Å². The van der Waals surface area contributed by atoms with Crippen LogP contribution in [0.15, 0.2) is 56.6 Å². The summed E-state index contributed by atoms with van der Waals surface area (Å²) in [7, 11) is -2.22. The van der Waals surface area contributed by atoms with Crippen molar-refractivity contribution in [2.75, 3.05) is 0 Å². The maximum absolute atomic E-state index is 13.0. The number of nitrogens with zero attached hydrogens (tertiary/aromatic N) is 1. The fraction of sp³-hybridized carbons (Fsp3) is 0.409. The number of rotatable bonds is 7. The zero-order chi connectivity index (χ0) is 21.3. The smallest absolute Gasteiger partial charge is 0.408 e. The van der Waals surface area contributed by atoms with E-state index in [9.17, 15) is 13.2 Å². The minimum atomic E-state index is -3.80. The lowest BCUT2D eigenvalue weighted by Crippen LogP contribution is -2.31. The molecule has 0 aliphatic heterocycles. The number of aromatic nitrogens is 1. The van der Waals surface area contributed by atoms with Gasteiger partial charge < -0.3 is 4.42 Å². The van der Waals surface area contributed by atoms with Crippen LogP contribution in [0.1, 0.15) is 44.9 Å². The molecule has 1 N–H and O–H groups in total. The van der Waals surface area contributed by atoms with Gasteiger partial charge in [-0.1, -0.05) is 52.0 Å². The number of sulfonamides is 1. The second-order valence-electron chi connectivity index (χ2n) is 8.24. The zero-order valence-corrected chi connectivity index (χ0v) is 18.3. The molecular formula is C22H28N2O4S. The van der Waals surface area contributed by atoms with Gasteiger partial charge in [0.25, 0.3) is 0 Å². The van der Waals surface area contributed by atoms with Crippen molar-refractivity contribution in [1.29, 1.82) is 0 Å². The molecular weight excluding hydrogens is 388 g/mol. The lowest BCUT2D eigenvalue weighted by Gasteiger charge is -2.23. The van der Waals surface area contributed by atoms with Crippen molar-refractivity contribution in [2.24, 2.45) is 18.9 Å². The highest BCUT2D eigenvalue weighted by atomic mass is 32.2. The summed E-state index contributed by atoms with van der Waals surface area (Å²) in [6, 6.07) is 12.2. The molecule has 0 bridgehead atoms. The van der Waals surface area contributed by atoms with Gasteiger partial charge in [-0.2, -0.15) is 0 Å². The summed E-state index contributed by atoms with van der Waals surface area (Å²) in [5.74, 6) is 0.0939. The fourth-order valence-electron chi connectivity index (χ4n) is 3.44. The fourth-order valence-corrected chi connectivity index (χ4v) is 4.83. The summed E-state index contributed by atoms with van der Waals surface area (Å²) in [6.07, 6.45) is 0.987. The van der Waals surface area contributed by atoms with Gasteiger partial charge in [0.05, 0.1) is 10.4 Å². The summed E-state index contributed by atoms with van der Waals surface area (Å²) in [4.78, 5) is 11.7. The number of hydrogen-bond acceptors (Lipinski definition) is 4. The maximum Gasteiger partial charge on any atom is 0.419 e. The molecule has 0 aliphatic carbocycles. The Morgan fingerprint density at radius 2 is 1.69 bits per heavy atom. The second kappa shape index (κ2) is 8.16. The van der Waals surface area contributed by atoms with Crippen LogP contribution in [0.25, 0.3) is 11.1 Å². The minimum absolute atomic E-state index is 0.0547. The SMILES string of the molecule is CC(C)Cc1ccc([C@@H](NS(=O)(=O)c2ccc3c(c2)oc(=O)n3C)C(C)C)cc1. The topological polar surface area (TPSA) is 81.3 Å². The van der Waals surface area contributed by atoms with Crippen LogP contribution in [0.4, 0.5) is 0 Å². The van der Waals surface area contributed by atoms with Crippen LogP contribution in [0.3, 0.4) is 0 Å². The third-order valence-electron chi connectivity index (χ3n) is 5.01. The molecule has 0 radical (unpaired) electrons. The van der Waals surface area contributed by atoms with Crippen molar-refractivity contribution < 1.29 is 12.8 Å². The quantitative estimate of drug-likeness (QED) is 0.631. The highest BCUT2D eigenvalue weighted by molar-refractivity contribution is 7.89. The van der Waals surface area contributed by atoms with Crippen molar-refractivity contribution >= 4 is 21.1 Å². The lowest BCUT2D eigenvalue weighted by atomic mass is 9.94. The van der Waals surface area contributed by atoms with Gasteiger partial charge in [0, 0.05) is 19.2 Å². The molecule has 2 aromatic carbocycles. The van der Waals surface area contributed by atoms with Crippen molar-refractivity contribution in [3.05, 3.63) is 64.1 Å². The molecule has 6 nitrogen and oxygen atoms in total. The molecule has 1 aromatic heterocycles. The summed E-state index contributed by atoms with van der Waals surface area (Å²) in [6.45, 7) is 8.30. The monoisotopic (exact) mass is 416 g/mol. The molecule has 1 atom stereocenters. The maximum atomic E-state index is 13.0. The summed E-state index contributed by atoms with van der Waals surface area (Å²) >= 11 is 0. The molecule has 0 amide bonds. The lowest BCUT2D eigenvalue weighted by molar-refractivity contribution is 0.463. The number of oxazole rings is 1. The highest BCUT2D eigenvalue weighted by Crippen LogP contribution is 2.26. The number of benzene rings is 2. The van der Waals surface area contributed by atoms with Gasteiger partial charge in [-0.25, -0.2) is 17.9 Å². The summed E-state index contributed by atoms with van der Waals surface area (Å²) < 4.78 is 35.4. The Kier molecular flexibility index (Phi) is 6.00. The molecule has 7 heteroatoms. The van der Waals surface area contributed by atoms with Crippen molar-refractivity contribution in [3.63, 3.8) is 0 Å². The van der Waals surface area contributed by atoms with Crippen LogP contribution < -0.4 is 10.5 Å². The van der Waals surface area contributed by atoms with E-state index >= 15 is 0 Å². The first kappa shape index (κ1) is 21.3. The average Bonchev–Trinajstić information content (AvgIpc) is 2.93. The van der Waals surface area contributed by atoms with E-state index in [0.717, 1.165) is 12.0 Å². The number of aryl methyl sites for hydroxylation is 1. The van der Waals surface area contributed by atoms with Crippen molar-refractivity contribution in [3.8, 4) is 0 Å². The zero-order valence-electron chi connectivity index (χ0n) is 17.5. The summed E-state index contributed by atoms with van der Waals surface area (Å²) in [5, 5.41) is 0. The third-order valence-corrected chi connectivity index (χ3v) is 6.44. The molecule has 156 valence electrons. The highest BCUT2D eigenvalue weighted by Gasteiger charge is 2.25. The van der Waals surface area contributed by atoms with E-state index in [1.165, 1.54) is 22.3 Å². The Morgan fingerprint density at radius 1 is 1.03 bits per heavy atom. The van der Waals surface area contributed by atoms with Gasteiger partial charge in [0.1, 0.15) is 0 Å². The van der Waals surface area contributed by atoms with E-state index < -0.39 is 15.8 Å². The standard InChI is InChI=1S/C22H28N2O4S/c1-14(2)12-16-6-8-17(9-7-16)21(15(3)4)23-29(26,27)18-10-11-19-20(13-18)28-22(25)24(19)5/h6-11,13-15,21,23H,12H2,1-5H3/t21-/m0/s1. The Hall–Kier alpha value is -2.38. The van der Waals surface area contributed by atoms with Crippen LogP contribution in [0.2, 0.25) is 0 Å². The van der Waals surface area contributed by atoms with Crippen LogP contribution >= 0.6 is 0 Å². The van der Waals surface area contributed by atoms with Crippen LogP contribution in [0.5, 0.6) is 0 Å². The molecule has 0 saturated carbocycles. The van der Waals surface area contributed by atoms with Crippen LogP contribution in [-0.2, 0) is 23.5 Å². The second-order valence-corrected chi connectivity index (χ2v) is 9.95. The van der Waals surface area contributed by atoms with Crippen molar-refractivity contribution in [1.82, 2.24) is 9.29 Å². The van der Waals surface area contributed by atoms with Crippen LogP contribution in [0, 0.1) is 11.8 Å². The van der Waals surface area contributed by atoms with Crippen LogP contribution in [-0.4, -0.2) is 13.0 Å². The molecule has 29 heavy (non-hydrogen) atoms. The predicted molar refractivity (Wildman–Crippen MR) is 114 cm³/mol. The van der Waals surface area contributed by atoms with E-state index in [1.807, 2.05) is 26.0 Å². The summed E-state index contributed by atoms with van der Waals surface area (Å²) in [5.41, 5.74) is 2.96. The molecule has 0 saturated heterocycles. The first-order chi connectivity index (χ1) is 13.6. The molecule has 1 heterocycles. The molecule has 3 rings (SSSR count). The van der Waals surface area contributed by atoms with E-state index in [1.54, 1.807) is 13.1 Å². The number of nitrogens with one attached hydrogen (secondary N) is 1. The van der Waals surface area contributed by atoms with E-state index in [0.29, 0.717) is 11.4 Å². The van der Waals surface area contributed by atoms with E-state index in [-0.39, 0.29) is 22.4 Å². The number of fused-ring (bicyclic) bond motifs is 1. The molecule has 3 aromatic rings. The predicted octanol–water partition coefficient (Wildman–Crippen LogP) is 4.01. The largest absolute Gasteiger partial charge is 0.419 e. The molecule has 0 unspecified atom stereocenters. The average molecular weight is 417 g/mol. The first-order valence-electron chi connectivity index (χ1n) is 9.79. The molecule has 0 spiro atoms. The van der Waals surface area contributed by atoms with E-state index in [2.05, 4.69) is 30.7 Å². The van der Waals surface area contributed by atoms with Gasteiger partial charge in [0.2, 0.25) is 10.0 Å².